The summed E-state index contributed by atoms with van der Waals surface area (Å²) in [5, 5.41) is 2.22. The second kappa shape index (κ2) is 4.83. The molecule has 0 unspecified atom stereocenters. The van der Waals surface area contributed by atoms with Crippen molar-refractivity contribution < 1.29 is 4.79 Å². The van der Waals surface area contributed by atoms with E-state index in [1.54, 1.807) is 0 Å². The highest BCUT2D eigenvalue weighted by Crippen LogP contribution is 2.24. The number of hydrogen-bond donors (Lipinski definition) is 1. The zero-order valence-corrected chi connectivity index (χ0v) is 8.86. The third-order valence-corrected chi connectivity index (χ3v) is 1.46. The zero-order chi connectivity index (χ0) is 9.07. The van der Waals surface area contributed by atoms with Crippen LogP contribution in [0.2, 0.25) is 0 Å². The molecule has 0 aromatic carbocycles. The fraction of sp³-hybridized carbons (Fsp3) is 0.750. The normalized spacial score (nSPS) is 11.8. The van der Waals surface area contributed by atoms with Crippen LogP contribution in [0.1, 0.15) is 0 Å². The van der Waals surface area contributed by atoms with Gasteiger partial charge in [0.15, 0.2) is 4.84 Å². The summed E-state index contributed by atoms with van der Waals surface area (Å²) in [6.07, 6.45) is 0. The molecule has 66 valence electrons. The first-order valence-electron chi connectivity index (χ1n) is 2.45. The van der Waals surface area contributed by atoms with Gasteiger partial charge in [0, 0.05) is 0 Å². The van der Waals surface area contributed by atoms with Gasteiger partial charge in [-0.25, -0.2) is 0 Å². The summed E-state index contributed by atoms with van der Waals surface area (Å²) in [5.74, 6) is -0.584. The molecule has 0 bridgehead atoms. The van der Waals surface area contributed by atoms with Gasteiger partial charge < -0.3 is 5.32 Å². The molecular weight excluding hydrogens is 255 g/mol. The Morgan fingerprint density at radius 2 is 1.82 bits per heavy atom. The highest BCUT2D eigenvalue weighted by molar-refractivity contribution is 6.67. The Bertz CT molecular complexity index is 142. The van der Waals surface area contributed by atoms with Crippen molar-refractivity contribution in [3.63, 3.8) is 0 Å². The summed E-state index contributed by atoms with van der Waals surface area (Å²) in [4.78, 5) is 9.50. The predicted octanol–water partition coefficient (Wildman–Crippen LogP) is 2.28. The van der Waals surface area contributed by atoms with Crippen molar-refractivity contribution in [1.29, 1.82) is 0 Å². The maximum Gasteiger partial charge on any atom is 0.253 e. The van der Waals surface area contributed by atoms with E-state index < -0.39 is 14.5 Å². The number of hydrogen-bond acceptors (Lipinski definition) is 1. The van der Waals surface area contributed by atoms with Crippen LogP contribution in [-0.4, -0.2) is 21.1 Å². The van der Waals surface area contributed by atoms with Crippen molar-refractivity contribution in [3.05, 3.63) is 0 Å². The van der Waals surface area contributed by atoms with Gasteiger partial charge in [0.25, 0.3) is 5.91 Å². The lowest BCUT2D eigenvalue weighted by Gasteiger charge is -2.11. The first kappa shape index (κ1) is 11.9. The first-order chi connectivity index (χ1) is 4.83. The summed E-state index contributed by atoms with van der Waals surface area (Å²) in [6, 6.07) is 0. The number of rotatable bonds is 2. The topological polar surface area (TPSA) is 29.1 Å². The van der Waals surface area contributed by atoms with Crippen LogP contribution in [0.4, 0.5) is 0 Å². The van der Waals surface area contributed by atoms with E-state index in [9.17, 15) is 4.79 Å². The van der Waals surface area contributed by atoms with Crippen LogP contribution in [0.15, 0.2) is 0 Å². The molecule has 0 aromatic rings. The van der Waals surface area contributed by atoms with Gasteiger partial charge in [-0.2, -0.15) is 0 Å². The molecule has 1 amide bonds. The second-order valence-electron chi connectivity index (χ2n) is 1.63. The van der Waals surface area contributed by atoms with E-state index in [0.717, 1.165) is 0 Å². The van der Waals surface area contributed by atoms with Crippen LogP contribution in [0.25, 0.3) is 0 Å². The SMILES string of the molecule is O=C(NCC(Cl)(Cl)Cl)C(Cl)Cl. The average molecular weight is 259 g/mol. The summed E-state index contributed by atoms with van der Waals surface area (Å²) in [7, 11) is 0. The molecule has 0 fully saturated rings. The minimum atomic E-state index is -1.52. The number of amides is 1. The van der Waals surface area contributed by atoms with E-state index in [-0.39, 0.29) is 6.54 Å². The lowest BCUT2D eigenvalue weighted by molar-refractivity contribution is -0.119. The molecular formula is C4H4Cl5NO. The van der Waals surface area contributed by atoms with Crippen LogP contribution in [0.5, 0.6) is 0 Å². The van der Waals surface area contributed by atoms with Crippen LogP contribution in [-0.2, 0) is 4.79 Å². The van der Waals surface area contributed by atoms with Crippen LogP contribution in [0.3, 0.4) is 0 Å². The molecule has 0 aliphatic heterocycles. The minimum absolute atomic E-state index is 0.119. The molecule has 11 heavy (non-hydrogen) atoms. The first-order valence-corrected chi connectivity index (χ1v) is 4.46. The number of alkyl halides is 5. The molecule has 0 heterocycles. The number of carbonyl (C=O) groups is 1. The van der Waals surface area contributed by atoms with Crippen molar-refractivity contribution in [1.82, 2.24) is 5.32 Å². The van der Waals surface area contributed by atoms with Gasteiger partial charge in [-0.3, -0.25) is 4.79 Å². The Balaban J connectivity index is 3.64. The Morgan fingerprint density at radius 3 is 2.09 bits per heavy atom. The van der Waals surface area contributed by atoms with Crippen molar-refractivity contribution in [2.24, 2.45) is 0 Å². The zero-order valence-electron chi connectivity index (χ0n) is 5.08. The van der Waals surface area contributed by atoms with Gasteiger partial charge >= 0.3 is 0 Å². The minimum Gasteiger partial charge on any atom is -0.349 e. The molecule has 0 saturated heterocycles. The molecule has 0 saturated carbocycles. The summed E-state index contributed by atoms with van der Waals surface area (Å²) < 4.78 is -1.52. The molecule has 1 N–H and O–H groups in total. The Labute approximate surface area is 89.1 Å². The largest absolute Gasteiger partial charge is 0.349 e. The van der Waals surface area contributed by atoms with E-state index in [1.807, 2.05) is 0 Å². The van der Waals surface area contributed by atoms with Gasteiger partial charge in [0.1, 0.15) is 0 Å². The quantitative estimate of drug-likeness (QED) is 0.757. The summed E-state index contributed by atoms with van der Waals surface area (Å²) in [5.41, 5.74) is 0. The fourth-order valence-electron chi connectivity index (χ4n) is 0.264. The smallest absolute Gasteiger partial charge is 0.253 e. The van der Waals surface area contributed by atoms with Crippen molar-refractivity contribution in [2.45, 2.75) is 8.63 Å². The highest BCUT2D eigenvalue weighted by atomic mass is 35.6. The van der Waals surface area contributed by atoms with E-state index >= 15 is 0 Å². The monoisotopic (exact) mass is 257 g/mol. The Hall–Kier alpha value is 0.920. The van der Waals surface area contributed by atoms with E-state index in [0.29, 0.717) is 0 Å². The van der Waals surface area contributed by atoms with Crippen molar-refractivity contribution in [2.75, 3.05) is 6.54 Å². The van der Waals surface area contributed by atoms with Gasteiger partial charge in [0.05, 0.1) is 6.54 Å². The molecule has 0 radical (unpaired) electrons. The molecule has 0 aromatic heterocycles. The lowest BCUT2D eigenvalue weighted by atomic mass is 10.6. The van der Waals surface area contributed by atoms with Crippen LogP contribution in [0, 0.1) is 0 Å². The van der Waals surface area contributed by atoms with Gasteiger partial charge in [-0.15, -0.1) is 0 Å². The highest BCUT2D eigenvalue weighted by Gasteiger charge is 2.21. The number of halogens is 5. The van der Waals surface area contributed by atoms with Crippen molar-refractivity contribution in [3.8, 4) is 0 Å². The van der Waals surface area contributed by atoms with E-state index in [1.165, 1.54) is 0 Å². The summed E-state index contributed by atoms with van der Waals surface area (Å²) >= 11 is 26.3. The lowest BCUT2D eigenvalue weighted by Crippen LogP contribution is -2.35. The average Bonchev–Trinajstić information content (AvgIpc) is 1.80. The standard InChI is InChI=1S/C4H4Cl5NO/c5-2(6)3(11)10-1-4(7,8)9/h2H,1H2,(H,10,11). The maximum atomic E-state index is 10.6. The van der Waals surface area contributed by atoms with Crippen molar-refractivity contribution >= 4 is 63.9 Å². The molecule has 0 atom stereocenters. The van der Waals surface area contributed by atoms with Gasteiger partial charge in [-0.05, 0) is 0 Å². The molecule has 7 heteroatoms. The summed E-state index contributed by atoms with van der Waals surface area (Å²) in [6.45, 7) is -0.119. The van der Waals surface area contributed by atoms with Gasteiger partial charge in [-0.1, -0.05) is 58.0 Å². The van der Waals surface area contributed by atoms with E-state index in [4.69, 9.17) is 58.0 Å². The van der Waals surface area contributed by atoms with Gasteiger partial charge in [0.2, 0.25) is 3.79 Å². The molecule has 0 aliphatic rings. The Kier molecular flexibility index (Phi) is 5.23. The third-order valence-electron chi connectivity index (χ3n) is 0.661. The maximum absolute atomic E-state index is 10.6. The number of carbonyl (C=O) groups excluding carboxylic acids is 1. The predicted molar refractivity (Wildman–Crippen MR) is 48.8 cm³/mol. The fourth-order valence-corrected chi connectivity index (χ4v) is 0.619. The van der Waals surface area contributed by atoms with Crippen LogP contribution < -0.4 is 5.32 Å². The second-order valence-corrected chi connectivity index (χ2v) is 5.25. The molecule has 0 spiro atoms. The molecule has 0 aliphatic carbocycles. The molecule has 0 rings (SSSR count). The third kappa shape index (κ3) is 7.29. The van der Waals surface area contributed by atoms with Crippen LogP contribution >= 0.6 is 58.0 Å². The Morgan fingerprint density at radius 1 is 1.36 bits per heavy atom. The molecule has 2 nitrogen and oxygen atoms in total. The number of nitrogens with one attached hydrogen (secondary N) is 1. The van der Waals surface area contributed by atoms with E-state index in [2.05, 4.69) is 5.32 Å².